The highest BCUT2D eigenvalue weighted by molar-refractivity contribution is 7.98. The third-order valence-corrected chi connectivity index (χ3v) is 6.00. The van der Waals surface area contributed by atoms with Crippen LogP contribution in [0.5, 0.6) is 0 Å². The Bertz CT molecular complexity index is 384. The maximum atomic E-state index is 12.4. The van der Waals surface area contributed by atoms with Gasteiger partial charge in [-0.25, -0.2) is 4.79 Å². The number of thiocarbonyl (C=S) groups is 1. The molecule has 6 nitrogen and oxygen atoms in total. The molecule has 0 aliphatic rings. The fourth-order valence-electron chi connectivity index (χ4n) is 1.69. The van der Waals surface area contributed by atoms with Crippen LogP contribution in [0.4, 0.5) is 0 Å². The molecular formula is C12H24NO5PS2. The Morgan fingerprint density at radius 3 is 2.29 bits per heavy atom. The van der Waals surface area contributed by atoms with Gasteiger partial charge in [0.2, 0.25) is 0 Å². The standard InChI is InChI=1S/C12H24NO5PS2/c1-5-17-19(16,18-6-2)9-11(20)13(3)10(12(14)15)7-8-21-4/h10H,5-9H2,1-4H3,(H,14,15). The molecule has 0 spiro atoms. The summed E-state index contributed by atoms with van der Waals surface area (Å²) in [5, 5.41) is 9.28. The molecule has 1 atom stereocenters. The molecule has 0 bridgehead atoms. The lowest BCUT2D eigenvalue weighted by Gasteiger charge is -2.28. The van der Waals surface area contributed by atoms with Crippen LogP contribution in [-0.4, -0.2) is 65.4 Å². The number of nitrogens with zero attached hydrogens (tertiary/aromatic N) is 1. The fraction of sp³-hybridized carbons (Fsp3) is 0.833. The fourth-order valence-corrected chi connectivity index (χ4v) is 4.34. The molecule has 0 saturated heterocycles. The number of carboxylic acid groups (broad SMARTS) is 1. The highest BCUT2D eigenvalue weighted by atomic mass is 32.2. The van der Waals surface area contributed by atoms with Crippen LogP contribution in [0.1, 0.15) is 20.3 Å². The van der Waals surface area contributed by atoms with Crippen LogP contribution in [0.25, 0.3) is 0 Å². The Kier molecular flexibility index (Phi) is 10.5. The molecule has 0 saturated carbocycles. The van der Waals surface area contributed by atoms with Crippen LogP contribution in [0.2, 0.25) is 0 Å². The molecule has 9 heteroatoms. The molecule has 0 rings (SSSR count). The largest absolute Gasteiger partial charge is 0.480 e. The number of aliphatic carboxylic acids is 1. The van der Waals surface area contributed by atoms with Gasteiger partial charge in [0, 0.05) is 7.05 Å². The maximum absolute atomic E-state index is 12.4. The lowest BCUT2D eigenvalue weighted by molar-refractivity contribution is -0.141. The van der Waals surface area contributed by atoms with E-state index in [0.29, 0.717) is 12.2 Å². The van der Waals surface area contributed by atoms with E-state index in [-0.39, 0.29) is 24.4 Å². The van der Waals surface area contributed by atoms with Crippen molar-refractivity contribution in [3.05, 3.63) is 0 Å². The highest BCUT2D eigenvalue weighted by Crippen LogP contribution is 2.48. The number of hydrogen-bond acceptors (Lipinski definition) is 6. The van der Waals surface area contributed by atoms with E-state index in [1.807, 2.05) is 6.26 Å². The van der Waals surface area contributed by atoms with Crippen LogP contribution in [0.15, 0.2) is 0 Å². The van der Waals surface area contributed by atoms with Crippen molar-refractivity contribution in [2.24, 2.45) is 0 Å². The van der Waals surface area contributed by atoms with Crippen LogP contribution < -0.4 is 0 Å². The van der Waals surface area contributed by atoms with Crippen LogP contribution >= 0.6 is 31.6 Å². The highest BCUT2D eigenvalue weighted by Gasteiger charge is 2.31. The van der Waals surface area contributed by atoms with Crippen LogP contribution in [0.3, 0.4) is 0 Å². The Labute approximate surface area is 136 Å². The Morgan fingerprint density at radius 2 is 1.90 bits per heavy atom. The number of carboxylic acids is 1. The lowest BCUT2D eigenvalue weighted by Crippen LogP contribution is -2.43. The second kappa shape index (κ2) is 10.6. The van der Waals surface area contributed by atoms with Crippen molar-refractivity contribution in [3.63, 3.8) is 0 Å². The molecule has 0 fully saturated rings. The van der Waals surface area contributed by atoms with Crippen molar-refractivity contribution in [1.29, 1.82) is 0 Å². The molecule has 21 heavy (non-hydrogen) atoms. The Hall–Kier alpha value is -0.140. The first-order valence-electron chi connectivity index (χ1n) is 6.66. The normalized spacial score (nSPS) is 13.0. The first-order valence-corrected chi connectivity index (χ1v) is 10.2. The molecule has 1 N–H and O–H groups in total. The first-order chi connectivity index (χ1) is 9.81. The van der Waals surface area contributed by atoms with Gasteiger partial charge in [-0.2, -0.15) is 11.8 Å². The summed E-state index contributed by atoms with van der Waals surface area (Å²) in [7, 11) is -1.71. The van der Waals surface area contributed by atoms with Gasteiger partial charge >= 0.3 is 13.6 Å². The molecular weight excluding hydrogens is 333 g/mol. The van der Waals surface area contributed by atoms with E-state index in [1.165, 1.54) is 4.90 Å². The third kappa shape index (κ3) is 7.61. The predicted octanol–water partition coefficient (Wildman–Crippen LogP) is 2.72. The van der Waals surface area contributed by atoms with Crippen LogP contribution in [0, 0.1) is 0 Å². The second-order valence-electron chi connectivity index (χ2n) is 4.24. The number of carbonyl (C=O) groups is 1. The van der Waals surface area contributed by atoms with Crippen molar-refractivity contribution in [2.75, 3.05) is 38.4 Å². The molecule has 0 amide bonds. The van der Waals surface area contributed by atoms with Gasteiger partial charge < -0.3 is 19.1 Å². The summed E-state index contributed by atoms with van der Waals surface area (Å²) in [6.07, 6.45) is 2.29. The summed E-state index contributed by atoms with van der Waals surface area (Å²) in [5.41, 5.74) is 0. The van der Waals surface area contributed by atoms with Gasteiger partial charge in [-0.15, -0.1) is 0 Å². The monoisotopic (exact) mass is 357 g/mol. The van der Waals surface area contributed by atoms with E-state index in [9.17, 15) is 14.5 Å². The summed E-state index contributed by atoms with van der Waals surface area (Å²) in [6.45, 7) is 3.94. The van der Waals surface area contributed by atoms with Crippen molar-refractivity contribution in [1.82, 2.24) is 4.90 Å². The first kappa shape index (κ1) is 20.9. The topological polar surface area (TPSA) is 76.1 Å². The molecule has 0 aliphatic carbocycles. The zero-order valence-corrected chi connectivity index (χ0v) is 15.4. The van der Waals surface area contributed by atoms with Gasteiger partial charge in [0.15, 0.2) is 0 Å². The Balaban J connectivity index is 4.86. The molecule has 0 radical (unpaired) electrons. The number of likely N-dealkylation sites (N-methyl/N-ethyl adjacent to an activating group) is 1. The average Bonchev–Trinajstić information content (AvgIpc) is 2.38. The second-order valence-corrected chi connectivity index (χ2v) is 7.76. The van der Waals surface area contributed by atoms with Crippen molar-refractivity contribution in [2.45, 2.75) is 26.3 Å². The number of thioether (sulfide) groups is 1. The maximum Gasteiger partial charge on any atom is 0.337 e. The van der Waals surface area contributed by atoms with E-state index in [1.54, 1.807) is 32.7 Å². The summed E-state index contributed by atoms with van der Waals surface area (Å²) in [5.74, 6) is -0.241. The molecule has 0 aliphatic heterocycles. The van der Waals surface area contributed by atoms with E-state index in [2.05, 4.69) is 0 Å². The minimum atomic E-state index is -3.31. The van der Waals surface area contributed by atoms with Gasteiger partial charge in [0.25, 0.3) is 0 Å². The zero-order chi connectivity index (χ0) is 16.5. The molecule has 124 valence electrons. The van der Waals surface area contributed by atoms with E-state index in [4.69, 9.17) is 21.3 Å². The summed E-state index contributed by atoms with van der Waals surface area (Å²) < 4.78 is 22.8. The van der Waals surface area contributed by atoms with E-state index < -0.39 is 19.6 Å². The number of rotatable bonds is 11. The molecule has 0 aromatic rings. The molecule has 0 aromatic carbocycles. The minimum Gasteiger partial charge on any atom is -0.480 e. The van der Waals surface area contributed by atoms with Gasteiger partial charge in [0.05, 0.1) is 18.2 Å². The van der Waals surface area contributed by atoms with Crippen molar-refractivity contribution < 1.29 is 23.5 Å². The van der Waals surface area contributed by atoms with Crippen molar-refractivity contribution in [3.8, 4) is 0 Å². The van der Waals surface area contributed by atoms with Crippen LogP contribution in [-0.2, 0) is 18.4 Å². The molecule has 1 unspecified atom stereocenters. The zero-order valence-electron chi connectivity index (χ0n) is 12.9. The average molecular weight is 357 g/mol. The quantitative estimate of drug-likeness (QED) is 0.447. The smallest absolute Gasteiger partial charge is 0.337 e. The van der Waals surface area contributed by atoms with E-state index in [0.717, 1.165) is 0 Å². The Morgan fingerprint density at radius 1 is 1.38 bits per heavy atom. The third-order valence-electron chi connectivity index (χ3n) is 2.72. The lowest BCUT2D eigenvalue weighted by atomic mass is 10.2. The minimum absolute atomic E-state index is 0.0798. The molecule has 0 aromatic heterocycles. The van der Waals surface area contributed by atoms with Gasteiger partial charge in [-0.05, 0) is 32.3 Å². The van der Waals surface area contributed by atoms with E-state index >= 15 is 0 Å². The van der Waals surface area contributed by atoms with Gasteiger partial charge in [-0.3, -0.25) is 4.57 Å². The van der Waals surface area contributed by atoms with Crippen molar-refractivity contribution >= 4 is 42.5 Å². The number of hydrogen-bond donors (Lipinski definition) is 1. The summed E-state index contributed by atoms with van der Waals surface area (Å²) in [6, 6.07) is -0.735. The van der Waals surface area contributed by atoms with Gasteiger partial charge in [-0.1, -0.05) is 12.2 Å². The molecule has 0 heterocycles. The summed E-state index contributed by atoms with van der Waals surface area (Å²) >= 11 is 6.79. The predicted molar refractivity (Wildman–Crippen MR) is 90.5 cm³/mol. The summed E-state index contributed by atoms with van der Waals surface area (Å²) in [4.78, 5) is 13.1. The van der Waals surface area contributed by atoms with Gasteiger partial charge in [0.1, 0.15) is 12.2 Å². The SMILES string of the molecule is CCOP(=O)(CC(=S)N(C)C(CCSC)C(=O)O)OCC.